The van der Waals surface area contributed by atoms with E-state index >= 15 is 0 Å². The third kappa shape index (κ3) is 3.86. The minimum absolute atomic E-state index is 0.315. The lowest BCUT2D eigenvalue weighted by atomic mass is 10.1. The summed E-state index contributed by atoms with van der Waals surface area (Å²) in [5.74, 6) is 0.319. The Balaban J connectivity index is 2.33. The average Bonchev–Trinajstić information content (AvgIpc) is 2.53. The SMILES string of the molecule is COc1cccc(NC(=O)c2cccc(N(C)S(C)(=O)=O)c2C)c1. The van der Waals surface area contributed by atoms with Gasteiger partial charge >= 0.3 is 0 Å². The Bertz CT molecular complexity index is 863. The molecular formula is C17H20N2O4S. The van der Waals surface area contributed by atoms with Gasteiger partial charge in [-0.1, -0.05) is 12.1 Å². The Hall–Kier alpha value is -2.54. The van der Waals surface area contributed by atoms with Crippen molar-refractivity contribution in [2.75, 3.05) is 30.0 Å². The predicted molar refractivity (Wildman–Crippen MR) is 95.4 cm³/mol. The minimum Gasteiger partial charge on any atom is -0.497 e. The predicted octanol–water partition coefficient (Wildman–Crippen LogP) is 2.65. The van der Waals surface area contributed by atoms with Gasteiger partial charge in [-0.05, 0) is 36.8 Å². The van der Waals surface area contributed by atoms with Crippen molar-refractivity contribution in [1.29, 1.82) is 0 Å². The van der Waals surface area contributed by atoms with Crippen LogP contribution in [0.1, 0.15) is 15.9 Å². The minimum atomic E-state index is -3.40. The van der Waals surface area contributed by atoms with E-state index in [-0.39, 0.29) is 5.91 Å². The number of hydrogen-bond acceptors (Lipinski definition) is 4. The van der Waals surface area contributed by atoms with Crippen molar-refractivity contribution in [3.05, 3.63) is 53.6 Å². The molecule has 2 aromatic rings. The molecule has 0 saturated heterocycles. The quantitative estimate of drug-likeness (QED) is 0.901. The topological polar surface area (TPSA) is 75.7 Å². The summed E-state index contributed by atoms with van der Waals surface area (Å²) in [6.07, 6.45) is 1.12. The van der Waals surface area contributed by atoms with Crippen molar-refractivity contribution in [1.82, 2.24) is 0 Å². The van der Waals surface area contributed by atoms with Crippen LogP contribution in [0.15, 0.2) is 42.5 Å². The number of amides is 1. The fourth-order valence-electron chi connectivity index (χ4n) is 2.29. The number of anilines is 2. The van der Waals surface area contributed by atoms with Gasteiger partial charge in [-0.25, -0.2) is 8.42 Å². The van der Waals surface area contributed by atoms with Gasteiger partial charge in [0.1, 0.15) is 5.75 Å². The first-order chi connectivity index (χ1) is 11.2. The second-order valence-electron chi connectivity index (χ2n) is 5.37. The first kappa shape index (κ1) is 17.8. The fraction of sp³-hybridized carbons (Fsp3) is 0.235. The molecule has 0 aliphatic heterocycles. The standard InChI is InChI=1S/C17H20N2O4S/c1-12-15(9-6-10-16(12)19(2)24(4,21)22)17(20)18-13-7-5-8-14(11-13)23-3/h5-11H,1-4H3,(H,18,20). The number of methoxy groups -OCH3 is 1. The Kier molecular flexibility index (Phi) is 5.14. The Morgan fingerprint density at radius 3 is 2.46 bits per heavy atom. The fourth-order valence-corrected chi connectivity index (χ4v) is 2.84. The molecule has 0 aliphatic rings. The molecule has 24 heavy (non-hydrogen) atoms. The van der Waals surface area contributed by atoms with Crippen LogP contribution in [0.2, 0.25) is 0 Å². The van der Waals surface area contributed by atoms with Crippen molar-refractivity contribution >= 4 is 27.3 Å². The summed E-state index contributed by atoms with van der Waals surface area (Å²) < 4.78 is 29.8. The van der Waals surface area contributed by atoms with Crippen molar-refractivity contribution < 1.29 is 17.9 Å². The summed E-state index contributed by atoms with van der Waals surface area (Å²) in [5.41, 5.74) is 2.06. The van der Waals surface area contributed by atoms with E-state index in [1.807, 2.05) is 0 Å². The number of ether oxygens (including phenoxy) is 1. The van der Waals surface area contributed by atoms with Crippen LogP contribution in [0.5, 0.6) is 5.75 Å². The van der Waals surface area contributed by atoms with Gasteiger partial charge in [0.05, 0.1) is 19.1 Å². The number of sulfonamides is 1. The number of carbonyl (C=O) groups excluding carboxylic acids is 1. The molecule has 0 aromatic heterocycles. The number of nitrogens with one attached hydrogen (secondary N) is 1. The van der Waals surface area contributed by atoms with E-state index in [9.17, 15) is 13.2 Å². The van der Waals surface area contributed by atoms with E-state index in [4.69, 9.17) is 4.74 Å². The summed E-state index contributed by atoms with van der Waals surface area (Å²) in [4.78, 5) is 12.5. The Morgan fingerprint density at radius 2 is 1.83 bits per heavy atom. The normalized spacial score (nSPS) is 11.0. The molecule has 2 rings (SSSR count). The van der Waals surface area contributed by atoms with Gasteiger partial charge < -0.3 is 10.1 Å². The summed E-state index contributed by atoms with van der Waals surface area (Å²) in [6, 6.07) is 12.0. The summed E-state index contributed by atoms with van der Waals surface area (Å²) in [7, 11) is -0.393. The van der Waals surface area contributed by atoms with Crippen LogP contribution in [0.3, 0.4) is 0 Å². The number of benzene rings is 2. The molecule has 0 heterocycles. The smallest absolute Gasteiger partial charge is 0.256 e. The zero-order valence-corrected chi connectivity index (χ0v) is 14.8. The Labute approximate surface area is 142 Å². The van der Waals surface area contributed by atoms with E-state index < -0.39 is 10.0 Å². The van der Waals surface area contributed by atoms with Crippen molar-refractivity contribution in [3.8, 4) is 5.75 Å². The largest absolute Gasteiger partial charge is 0.497 e. The highest BCUT2D eigenvalue weighted by Crippen LogP contribution is 2.25. The summed E-state index contributed by atoms with van der Waals surface area (Å²) in [6.45, 7) is 1.72. The van der Waals surface area contributed by atoms with E-state index in [2.05, 4.69) is 5.32 Å². The van der Waals surface area contributed by atoms with E-state index in [1.165, 1.54) is 7.05 Å². The van der Waals surface area contributed by atoms with Crippen LogP contribution in [0.4, 0.5) is 11.4 Å². The third-order valence-electron chi connectivity index (χ3n) is 3.71. The molecule has 0 radical (unpaired) electrons. The lowest BCUT2D eigenvalue weighted by Gasteiger charge is -2.20. The van der Waals surface area contributed by atoms with Gasteiger partial charge in [0, 0.05) is 24.4 Å². The lowest BCUT2D eigenvalue weighted by Crippen LogP contribution is -2.26. The second-order valence-corrected chi connectivity index (χ2v) is 7.38. The van der Waals surface area contributed by atoms with Crippen LogP contribution < -0.4 is 14.4 Å². The van der Waals surface area contributed by atoms with E-state index in [0.717, 1.165) is 10.6 Å². The van der Waals surface area contributed by atoms with Crippen LogP contribution in [0, 0.1) is 6.92 Å². The number of carbonyl (C=O) groups is 1. The Morgan fingerprint density at radius 1 is 1.17 bits per heavy atom. The molecule has 0 unspecified atom stereocenters. The molecule has 0 aliphatic carbocycles. The van der Waals surface area contributed by atoms with E-state index in [1.54, 1.807) is 56.5 Å². The second kappa shape index (κ2) is 6.92. The highest BCUT2D eigenvalue weighted by Gasteiger charge is 2.18. The highest BCUT2D eigenvalue weighted by atomic mass is 32.2. The molecule has 128 valence electrons. The molecule has 6 nitrogen and oxygen atoms in total. The van der Waals surface area contributed by atoms with E-state index in [0.29, 0.717) is 28.3 Å². The molecule has 1 N–H and O–H groups in total. The van der Waals surface area contributed by atoms with Gasteiger partial charge in [-0.3, -0.25) is 9.10 Å². The van der Waals surface area contributed by atoms with Gasteiger partial charge in [0.15, 0.2) is 0 Å². The molecule has 0 bridgehead atoms. The third-order valence-corrected chi connectivity index (χ3v) is 4.91. The van der Waals surface area contributed by atoms with Gasteiger partial charge in [-0.15, -0.1) is 0 Å². The molecule has 0 saturated carbocycles. The maximum absolute atomic E-state index is 12.5. The van der Waals surface area contributed by atoms with Crippen molar-refractivity contribution in [2.45, 2.75) is 6.92 Å². The zero-order valence-electron chi connectivity index (χ0n) is 14.0. The highest BCUT2D eigenvalue weighted by molar-refractivity contribution is 7.92. The lowest BCUT2D eigenvalue weighted by molar-refractivity contribution is 0.102. The number of hydrogen-bond donors (Lipinski definition) is 1. The molecule has 2 aromatic carbocycles. The van der Waals surface area contributed by atoms with Gasteiger partial charge in [-0.2, -0.15) is 0 Å². The average molecular weight is 348 g/mol. The maximum atomic E-state index is 12.5. The zero-order chi connectivity index (χ0) is 17.9. The van der Waals surface area contributed by atoms with Crippen LogP contribution in [-0.4, -0.2) is 34.7 Å². The first-order valence-electron chi connectivity index (χ1n) is 7.23. The summed E-state index contributed by atoms with van der Waals surface area (Å²) in [5, 5.41) is 2.79. The number of nitrogens with zero attached hydrogens (tertiary/aromatic N) is 1. The number of rotatable bonds is 5. The monoisotopic (exact) mass is 348 g/mol. The molecule has 0 atom stereocenters. The van der Waals surface area contributed by atoms with Gasteiger partial charge in [0.25, 0.3) is 5.91 Å². The van der Waals surface area contributed by atoms with Crippen LogP contribution >= 0.6 is 0 Å². The van der Waals surface area contributed by atoms with Crippen LogP contribution in [-0.2, 0) is 10.0 Å². The van der Waals surface area contributed by atoms with Crippen molar-refractivity contribution in [2.24, 2.45) is 0 Å². The molecule has 1 amide bonds. The molecular weight excluding hydrogens is 328 g/mol. The maximum Gasteiger partial charge on any atom is 0.256 e. The van der Waals surface area contributed by atoms with Crippen LogP contribution in [0.25, 0.3) is 0 Å². The van der Waals surface area contributed by atoms with Crippen molar-refractivity contribution in [3.63, 3.8) is 0 Å². The summed E-state index contributed by atoms with van der Waals surface area (Å²) >= 11 is 0. The molecule has 0 spiro atoms. The molecule has 7 heteroatoms. The molecule has 0 fully saturated rings. The first-order valence-corrected chi connectivity index (χ1v) is 9.08. The van der Waals surface area contributed by atoms with Gasteiger partial charge in [0.2, 0.25) is 10.0 Å².